The Labute approximate surface area is 129 Å². The van der Waals surface area contributed by atoms with Gasteiger partial charge < -0.3 is 14.9 Å². The molecule has 0 bridgehead atoms. The zero-order chi connectivity index (χ0) is 15.9. The van der Waals surface area contributed by atoms with Crippen LogP contribution >= 0.6 is 0 Å². The van der Waals surface area contributed by atoms with Gasteiger partial charge in [0.15, 0.2) is 0 Å². The summed E-state index contributed by atoms with van der Waals surface area (Å²) in [5.41, 5.74) is 8.30. The molecule has 3 heteroatoms. The van der Waals surface area contributed by atoms with Crippen molar-refractivity contribution >= 4 is 5.69 Å². The van der Waals surface area contributed by atoms with Crippen molar-refractivity contribution in [3.8, 4) is 0 Å². The highest BCUT2D eigenvalue weighted by atomic mass is 16.2. The molecule has 1 N–H and O–H groups in total. The zero-order valence-electron chi connectivity index (χ0n) is 14.6. The lowest BCUT2D eigenvalue weighted by atomic mass is 9.81. The van der Waals surface area contributed by atoms with E-state index in [9.17, 15) is 5.11 Å². The van der Waals surface area contributed by atoms with Crippen LogP contribution < -0.4 is 4.90 Å². The van der Waals surface area contributed by atoms with Crippen LogP contribution in [0.1, 0.15) is 47.2 Å². The van der Waals surface area contributed by atoms with E-state index in [2.05, 4.69) is 58.6 Å². The summed E-state index contributed by atoms with van der Waals surface area (Å²) in [5, 5.41) is 9.41. The van der Waals surface area contributed by atoms with Crippen LogP contribution in [0.4, 0.5) is 5.69 Å². The maximum Gasteiger partial charge on any atom is 0.0471 e. The summed E-state index contributed by atoms with van der Waals surface area (Å²) in [6.07, 6.45) is 1.91. The van der Waals surface area contributed by atoms with E-state index in [1.807, 2.05) is 0 Å². The van der Waals surface area contributed by atoms with Crippen molar-refractivity contribution in [2.45, 2.75) is 52.6 Å². The van der Waals surface area contributed by atoms with Gasteiger partial charge in [0.05, 0.1) is 0 Å². The maximum atomic E-state index is 9.41. The molecular weight excluding hydrogens is 260 g/mol. The summed E-state index contributed by atoms with van der Waals surface area (Å²) < 4.78 is 0. The first-order valence-electron chi connectivity index (χ1n) is 7.93. The summed E-state index contributed by atoms with van der Waals surface area (Å²) in [7, 11) is 6.56. The highest BCUT2D eigenvalue weighted by Gasteiger charge is 2.33. The lowest BCUT2D eigenvalue weighted by molar-refractivity contribution is 0.260. The van der Waals surface area contributed by atoms with Gasteiger partial charge in [-0.3, -0.25) is 0 Å². The Morgan fingerprint density at radius 3 is 2.29 bits per heavy atom. The van der Waals surface area contributed by atoms with Gasteiger partial charge in [0.1, 0.15) is 0 Å². The molecule has 1 aromatic carbocycles. The van der Waals surface area contributed by atoms with Crippen molar-refractivity contribution in [1.29, 1.82) is 0 Å². The molecule has 21 heavy (non-hydrogen) atoms. The molecule has 0 saturated carbocycles. The zero-order valence-corrected chi connectivity index (χ0v) is 14.6. The van der Waals surface area contributed by atoms with Crippen LogP contribution in [0.5, 0.6) is 0 Å². The highest BCUT2D eigenvalue weighted by Crippen LogP contribution is 2.45. The minimum absolute atomic E-state index is 0.221. The third kappa shape index (κ3) is 2.58. The van der Waals surface area contributed by atoms with E-state index in [1.54, 1.807) is 0 Å². The number of hydrogen-bond acceptors (Lipinski definition) is 3. The molecular formula is C18H30N2O. The van der Waals surface area contributed by atoms with E-state index in [0.29, 0.717) is 12.1 Å². The van der Waals surface area contributed by atoms with Crippen LogP contribution in [0.2, 0.25) is 0 Å². The minimum atomic E-state index is 0.221. The van der Waals surface area contributed by atoms with E-state index < -0.39 is 0 Å². The van der Waals surface area contributed by atoms with Gasteiger partial charge in [0, 0.05) is 31.4 Å². The molecule has 1 aliphatic heterocycles. The first-order chi connectivity index (χ1) is 9.81. The molecule has 0 aliphatic carbocycles. The molecule has 1 heterocycles. The molecule has 0 amide bonds. The number of benzene rings is 1. The molecule has 1 aliphatic rings. The van der Waals surface area contributed by atoms with E-state index in [-0.39, 0.29) is 6.61 Å². The number of nitrogens with zero attached hydrogens (tertiary/aromatic N) is 2. The van der Waals surface area contributed by atoms with E-state index in [4.69, 9.17) is 0 Å². The fraction of sp³-hybridized carbons (Fsp3) is 0.667. The Bertz CT molecular complexity index is 537. The molecule has 2 atom stereocenters. The maximum absolute atomic E-state index is 9.41. The van der Waals surface area contributed by atoms with E-state index in [1.165, 1.54) is 33.5 Å². The van der Waals surface area contributed by atoms with Gasteiger partial charge >= 0.3 is 0 Å². The van der Waals surface area contributed by atoms with Crippen LogP contribution in [0.3, 0.4) is 0 Å². The smallest absolute Gasteiger partial charge is 0.0471 e. The Morgan fingerprint density at radius 2 is 1.76 bits per heavy atom. The standard InChI is InChI=1S/C18H30N2O/c1-11-10-16(19(5)6)17-14(4)15(8-9-21)12(2)13(3)18(17)20(11)7/h11,16,21H,8-10H2,1-7H3. The predicted molar refractivity (Wildman–Crippen MR) is 90.4 cm³/mol. The molecule has 2 unspecified atom stereocenters. The van der Waals surface area contributed by atoms with E-state index in [0.717, 1.165) is 12.8 Å². The van der Waals surface area contributed by atoms with Crippen molar-refractivity contribution in [3.05, 3.63) is 27.8 Å². The Balaban J connectivity index is 2.75. The van der Waals surface area contributed by atoms with E-state index >= 15 is 0 Å². The summed E-state index contributed by atoms with van der Waals surface area (Å²) in [4.78, 5) is 4.78. The summed E-state index contributed by atoms with van der Waals surface area (Å²) >= 11 is 0. The van der Waals surface area contributed by atoms with Crippen molar-refractivity contribution in [1.82, 2.24) is 4.90 Å². The SMILES string of the molecule is Cc1c(C)c2c(c(C)c1CCO)C(N(C)C)CC(C)N2C. The van der Waals surface area contributed by atoms with Crippen molar-refractivity contribution in [2.75, 3.05) is 32.6 Å². The van der Waals surface area contributed by atoms with Gasteiger partial charge in [0.25, 0.3) is 0 Å². The normalized spacial score (nSPS) is 21.9. The average Bonchev–Trinajstić information content (AvgIpc) is 2.43. The van der Waals surface area contributed by atoms with Crippen LogP contribution in [0, 0.1) is 20.8 Å². The Hall–Kier alpha value is -1.06. The summed E-state index contributed by atoms with van der Waals surface area (Å²) in [6, 6.07) is 1.01. The third-order valence-electron chi connectivity index (χ3n) is 5.38. The second-order valence-corrected chi connectivity index (χ2v) is 6.76. The monoisotopic (exact) mass is 290 g/mol. The van der Waals surface area contributed by atoms with Crippen LogP contribution in [-0.2, 0) is 6.42 Å². The number of anilines is 1. The van der Waals surface area contributed by atoms with Crippen LogP contribution in [0.15, 0.2) is 0 Å². The molecule has 0 spiro atoms. The topological polar surface area (TPSA) is 26.7 Å². The van der Waals surface area contributed by atoms with Crippen LogP contribution in [0.25, 0.3) is 0 Å². The quantitative estimate of drug-likeness (QED) is 0.927. The second-order valence-electron chi connectivity index (χ2n) is 6.76. The molecule has 0 radical (unpaired) electrons. The van der Waals surface area contributed by atoms with Gasteiger partial charge in [-0.05, 0) is 82.4 Å². The molecule has 0 fully saturated rings. The fourth-order valence-corrected chi connectivity index (χ4v) is 3.86. The number of fused-ring (bicyclic) bond motifs is 1. The van der Waals surface area contributed by atoms with Gasteiger partial charge in [-0.1, -0.05) is 0 Å². The summed E-state index contributed by atoms with van der Waals surface area (Å²) in [5.74, 6) is 0. The predicted octanol–water partition coefficient (Wildman–Crippen LogP) is 2.98. The average molecular weight is 290 g/mol. The second kappa shape index (κ2) is 5.98. The Morgan fingerprint density at radius 1 is 1.14 bits per heavy atom. The Kier molecular flexibility index (Phi) is 4.64. The lowest BCUT2D eigenvalue weighted by Crippen LogP contribution is -2.40. The van der Waals surface area contributed by atoms with Crippen LogP contribution in [-0.4, -0.2) is 43.8 Å². The van der Waals surface area contributed by atoms with Gasteiger partial charge in [0.2, 0.25) is 0 Å². The lowest BCUT2D eigenvalue weighted by Gasteiger charge is -2.44. The van der Waals surface area contributed by atoms with Gasteiger partial charge in [-0.15, -0.1) is 0 Å². The molecule has 0 aromatic heterocycles. The van der Waals surface area contributed by atoms with Crippen molar-refractivity contribution in [3.63, 3.8) is 0 Å². The van der Waals surface area contributed by atoms with Gasteiger partial charge in [-0.2, -0.15) is 0 Å². The molecule has 118 valence electrons. The molecule has 0 saturated heterocycles. The number of rotatable bonds is 3. The molecule has 2 rings (SSSR count). The molecule has 3 nitrogen and oxygen atoms in total. The third-order valence-corrected chi connectivity index (χ3v) is 5.38. The number of aliphatic hydroxyl groups is 1. The fourth-order valence-electron chi connectivity index (χ4n) is 3.86. The van der Waals surface area contributed by atoms with Gasteiger partial charge in [-0.25, -0.2) is 0 Å². The first kappa shape index (κ1) is 16.3. The highest BCUT2D eigenvalue weighted by molar-refractivity contribution is 5.69. The largest absolute Gasteiger partial charge is 0.396 e. The van der Waals surface area contributed by atoms with Crippen molar-refractivity contribution in [2.24, 2.45) is 0 Å². The molecule has 1 aromatic rings. The number of aliphatic hydroxyl groups excluding tert-OH is 1. The minimum Gasteiger partial charge on any atom is -0.396 e. The number of hydrogen-bond donors (Lipinski definition) is 1. The summed E-state index contributed by atoms with van der Waals surface area (Å²) in [6.45, 7) is 9.20. The first-order valence-corrected chi connectivity index (χ1v) is 7.93. The van der Waals surface area contributed by atoms with Crippen molar-refractivity contribution < 1.29 is 5.11 Å².